The van der Waals surface area contributed by atoms with Crippen LogP contribution >= 0.6 is 0 Å². The Morgan fingerprint density at radius 3 is 1.83 bits per heavy atom. The van der Waals surface area contributed by atoms with E-state index in [1.807, 2.05) is 6.07 Å². The van der Waals surface area contributed by atoms with Gasteiger partial charge in [-0.3, -0.25) is 10.2 Å². The number of nitrogens with one attached hydrogen (secondary N) is 1. The van der Waals surface area contributed by atoms with Gasteiger partial charge in [-0.05, 0) is 28.8 Å². The molecule has 1 aliphatic rings. The molecule has 0 spiro atoms. The summed E-state index contributed by atoms with van der Waals surface area (Å²) in [4.78, 5) is 7.74. The van der Waals surface area contributed by atoms with Crippen molar-refractivity contribution in [2.75, 3.05) is 0 Å². The molecule has 4 aromatic carbocycles. The van der Waals surface area contributed by atoms with Crippen LogP contribution in [0.2, 0.25) is 0 Å². The van der Waals surface area contributed by atoms with Crippen LogP contribution < -0.4 is 5.32 Å². The Kier molecular flexibility index (Phi) is 6.41. The second kappa shape index (κ2) is 10.3. The van der Waals surface area contributed by atoms with Gasteiger partial charge in [-0.2, -0.15) is 0 Å². The van der Waals surface area contributed by atoms with E-state index in [2.05, 4.69) is 144 Å². The number of hydrogen-bond donors (Lipinski definition) is 1. The number of rotatable bonds is 6. The Morgan fingerprint density at radius 2 is 1.17 bits per heavy atom. The van der Waals surface area contributed by atoms with Gasteiger partial charge in [0.15, 0.2) is 0 Å². The first-order valence-electron chi connectivity index (χ1n) is 12.5. The molecule has 1 fully saturated rings. The van der Waals surface area contributed by atoms with Crippen LogP contribution in [0.5, 0.6) is 0 Å². The van der Waals surface area contributed by atoms with Crippen molar-refractivity contribution in [3.8, 4) is 11.3 Å². The van der Waals surface area contributed by atoms with Gasteiger partial charge < -0.3 is 0 Å². The summed E-state index contributed by atoms with van der Waals surface area (Å²) in [5, 5.41) is 3.98. The maximum Gasteiger partial charge on any atom is 0.105 e. The summed E-state index contributed by atoms with van der Waals surface area (Å²) in [6.07, 6.45) is -0.0377. The Hall–Kier alpha value is -4.05. The van der Waals surface area contributed by atoms with Gasteiger partial charge in [-0.25, -0.2) is 4.98 Å². The highest BCUT2D eigenvalue weighted by molar-refractivity contribution is 5.59. The quantitative estimate of drug-likeness (QED) is 0.283. The van der Waals surface area contributed by atoms with Gasteiger partial charge in [0.2, 0.25) is 0 Å². The lowest BCUT2D eigenvalue weighted by molar-refractivity contribution is 0.173. The van der Waals surface area contributed by atoms with Crippen molar-refractivity contribution < 1.29 is 0 Å². The molecule has 0 amide bonds. The van der Waals surface area contributed by atoms with Crippen LogP contribution in [0.3, 0.4) is 0 Å². The molecule has 0 saturated carbocycles. The Labute approximate surface area is 213 Å². The molecule has 1 aromatic heterocycles. The number of benzene rings is 4. The summed E-state index contributed by atoms with van der Waals surface area (Å²) >= 11 is 0. The van der Waals surface area contributed by atoms with Crippen LogP contribution in [0.25, 0.3) is 11.3 Å². The normalized spacial score (nSPS) is 19.8. The molecule has 0 aliphatic carbocycles. The third kappa shape index (κ3) is 4.59. The van der Waals surface area contributed by atoms with Crippen molar-refractivity contribution >= 4 is 0 Å². The number of aromatic nitrogens is 1. The first kappa shape index (κ1) is 22.4. The average molecular weight is 468 g/mol. The second-order valence-electron chi connectivity index (χ2n) is 9.28. The van der Waals surface area contributed by atoms with Gasteiger partial charge >= 0.3 is 0 Å². The van der Waals surface area contributed by atoms with E-state index in [4.69, 9.17) is 4.98 Å². The standard InChI is InChI=1S/C33H29N3/c1-5-14-25(15-6-1)24-36-32(28-20-11-4-12-21-28)31(27-18-9-3-10-19-27)35-33(36)30-23-13-22-29(34-30)26-16-7-2-8-17-26/h1-23,31-33,35H,24H2/t31-,32-,33+/m0/s1. The fourth-order valence-electron chi connectivity index (χ4n) is 5.29. The predicted octanol–water partition coefficient (Wildman–Crippen LogP) is 7.34. The molecule has 5 aromatic rings. The molecule has 1 saturated heterocycles. The minimum atomic E-state index is -0.0377. The first-order valence-corrected chi connectivity index (χ1v) is 12.5. The topological polar surface area (TPSA) is 28.2 Å². The molecule has 6 rings (SSSR count). The molecule has 36 heavy (non-hydrogen) atoms. The van der Waals surface area contributed by atoms with E-state index in [1.165, 1.54) is 16.7 Å². The van der Waals surface area contributed by atoms with Gasteiger partial charge in [0, 0.05) is 12.1 Å². The van der Waals surface area contributed by atoms with Crippen LogP contribution in [-0.2, 0) is 6.54 Å². The summed E-state index contributed by atoms with van der Waals surface area (Å²) in [6.45, 7) is 0.818. The fourth-order valence-corrected chi connectivity index (χ4v) is 5.29. The van der Waals surface area contributed by atoms with Crippen molar-refractivity contribution in [3.63, 3.8) is 0 Å². The second-order valence-corrected chi connectivity index (χ2v) is 9.28. The van der Waals surface area contributed by atoms with Crippen molar-refractivity contribution in [2.24, 2.45) is 0 Å². The largest absolute Gasteiger partial charge is 0.288 e. The van der Waals surface area contributed by atoms with Crippen molar-refractivity contribution in [2.45, 2.75) is 24.8 Å². The van der Waals surface area contributed by atoms with E-state index >= 15 is 0 Å². The number of nitrogens with zero attached hydrogens (tertiary/aromatic N) is 2. The summed E-state index contributed by atoms with van der Waals surface area (Å²) < 4.78 is 0. The summed E-state index contributed by atoms with van der Waals surface area (Å²) in [7, 11) is 0. The lowest BCUT2D eigenvalue weighted by atomic mass is 9.93. The molecule has 176 valence electrons. The summed E-state index contributed by atoms with van der Waals surface area (Å²) in [6, 6.07) is 49.5. The predicted molar refractivity (Wildman–Crippen MR) is 146 cm³/mol. The van der Waals surface area contributed by atoms with E-state index in [1.54, 1.807) is 0 Å². The van der Waals surface area contributed by atoms with Crippen molar-refractivity contribution in [1.82, 2.24) is 15.2 Å². The van der Waals surface area contributed by atoms with Gasteiger partial charge in [-0.15, -0.1) is 0 Å². The molecule has 0 bridgehead atoms. The minimum absolute atomic E-state index is 0.0377. The summed E-state index contributed by atoms with van der Waals surface area (Å²) in [5.74, 6) is 0. The van der Waals surface area contributed by atoms with Crippen LogP contribution in [0, 0.1) is 0 Å². The van der Waals surface area contributed by atoms with Crippen LogP contribution in [0.1, 0.15) is 40.6 Å². The SMILES string of the molecule is c1ccc(CN2[C@H](c3cccc(-c4ccccc4)n3)N[C@@H](c3ccccc3)[C@@H]2c2ccccc2)cc1. The van der Waals surface area contributed by atoms with Gasteiger partial charge in [0.25, 0.3) is 0 Å². The number of hydrogen-bond acceptors (Lipinski definition) is 3. The molecular weight excluding hydrogens is 438 g/mol. The van der Waals surface area contributed by atoms with Gasteiger partial charge in [0.1, 0.15) is 6.17 Å². The third-order valence-corrected chi connectivity index (χ3v) is 6.97. The highest BCUT2D eigenvalue weighted by Gasteiger charge is 2.43. The lowest BCUT2D eigenvalue weighted by Gasteiger charge is -2.31. The van der Waals surface area contributed by atoms with Gasteiger partial charge in [0.05, 0.1) is 23.5 Å². The molecule has 3 heteroatoms. The molecule has 1 aliphatic heterocycles. The smallest absolute Gasteiger partial charge is 0.105 e. The monoisotopic (exact) mass is 467 g/mol. The zero-order chi connectivity index (χ0) is 24.2. The molecule has 3 atom stereocenters. The molecule has 2 heterocycles. The van der Waals surface area contributed by atoms with E-state index < -0.39 is 0 Å². The van der Waals surface area contributed by atoms with Crippen molar-refractivity contribution in [3.05, 3.63) is 162 Å². The number of pyridine rings is 1. The van der Waals surface area contributed by atoms with E-state index in [-0.39, 0.29) is 18.2 Å². The summed E-state index contributed by atoms with van der Waals surface area (Å²) in [5.41, 5.74) is 7.03. The zero-order valence-electron chi connectivity index (χ0n) is 20.1. The van der Waals surface area contributed by atoms with Crippen LogP contribution in [0.15, 0.2) is 140 Å². The van der Waals surface area contributed by atoms with E-state index in [9.17, 15) is 0 Å². The zero-order valence-corrected chi connectivity index (χ0v) is 20.1. The first-order chi connectivity index (χ1) is 17.9. The Morgan fingerprint density at radius 1 is 0.583 bits per heavy atom. The van der Waals surface area contributed by atoms with Gasteiger partial charge in [-0.1, -0.05) is 127 Å². The fraction of sp³-hybridized carbons (Fsp3) is 0.121. The van der Waals surface area contributed by atoms with Crippen LogP contribution in [0.4, 0.5) is 0 Å². The highest BCUT2D eigenvalue weighted by atomic mass is 15.4. The van der Waals surface area contributed by atoms with E-state index in [0.29, 0.717) is 0 Å². The average Bonchev–Trinajstić information content (AvgIpc) is 3.34. The Bertz CT molecular complexity index is 1390. The molecule has 0 radical (unpaired) electrons. The molecule has 1 N–H and O–H groups in total. The lowest BCUT2D eigenvalue weighted by Crippen LogP contribution is -2.29. The Balaban J connectivity index is 1.47. The minimum Gasteiger partial charge on any atom is -0.288 e. The third-order valence-electron chi connectivity index (χ3n) is 6.97. The molecular formula is C33H29N3. The maximum atomic E-state index is 5.17. The molecule has 0 unspecified atom stereocenters. The highest BCUT2D eigenvalue weighted by Crippen LogP contribution is 2.46. The van der Waals surface area contributed by atoms with Crippen LogP contribution in [-0.4, -0.2) is 9.88 Å². The van der Waals surface area contributed by atoms with Crippen molar-refractivity contribution in [1.29, 1.82) is 0 Å². The molecule has 3 nitrogen and oxygen atoms in total. The maximum absolute atomic E-state index is 5.17. The van der Waals surface area contributed by atoms with E-state index in [0.717, 1.165) is 23.5 Å².